The van der Waals surface area contributed by atoms with E-state index < -0.39 is 0 Å². The van der Waals surface area contributed by atoms with Crippen molar-refractivity contribution in [3.05, 3.63) is 23.7 Å². The molecule has 102 valence electrons. The van der Waals surface area contributed by atoms with Gasteiger partial charge >= 0.3 is 0 Å². The highest BCUT2D eigenvalue weighted by Gasteiger charge is 2.07. The van der Waals surface area contributed by atoms with Gasteiger partial charge in [0.25, 0.3) is 0 Å². The number of nitrogens with one attached hydrogen (secondary N) is 2. The van der Waals surface area contributed by atoms with Gasteiger partial charge in [0, 0.05) is 30.8 Å². The highest BCUT2D eigenvalue weighted by atomic mass is 16.5. The highest BCUT2D eigenvalue weighted by Crippen LogP contribution is 2.20. The Labute approximate surface area is 112 Å². The first-order valence-corrected chi connectivity index (χ1v) is 6.53. The topological polar surface area (TPSA) is 75.7 Å². The molecule has 0 fully saturated rings. The van der Waals surface area contributed by atoms with E-state index in [1.807, 2.05) is 19.9 Å². The summed E-state index contributed by atoms with van der Waals surface area (Å²) >= 11 is 0. The van der Waals surface area contributed by atoms with Gasteiger partial charge in [0.2, 0.25) is 11.8 Å². The number of nitrogens with zero attached hydrogens (tertiary/aromatic N) is 3. The zero-order valence-corrected chi connectivity index (χ0v) is 11.5. The van der Waals surface area contributed by atoms with Crippen LogP contribution in [0.2, 0.25) is 0 Å². The van der Waals surface area contributed by atoms with E-state index in [-0.39, 0.29) is 0 Å². The van der Waals surface area contributed by atoms with Crippen LogP contribution in [0.1, 0.15) is 31.8 Å². The molecule has 0 aliphatic heterocycles. The van der Waals surface area contributed by atoms with Gasteiger partial charge in [0.1, 0.15) is 11.6 Å². The summed E-state index contributed by atoms with van der Waals surface area (Å²) in [7, 11) is 0. The monoisotopic (exact) mass is 261 g/mol. The molecule has 0 spiro atoms. The summed E-state index contributed by atoms with van der Waals surface area (Å²) in [6.07, 6.45) is 1.80. The van der Waals surface area contributed by atoms with Crippen LogP contribution in [0.4, 0.5) is 5.82 Å². The average molecular weight is 261 g/mol. The summed E-state index contributed by atoms with van der Waals surface area (Å²) in [6, 6.07) is 3.62. The third-order valence-electron chi connectivity index (χ3n) is 2.51. The lowest BCUT2D eigenvalue weighted by molar-refractivity contribution is 0.440. The van der Waals surface area contributed by atoms with E-state index in [0.29, 0.717) is 11.8 Å². The predicted molar refractivity (Wildman–Crippen MR) is 73.6 cm³/mol. The average Bonchev–Trinajstić information content (AvgIpc) is 2.81. The summed E-state index contributed by atoms with van der Waals surface area (Å²) in [5.41, 5.74) is 0.948. The maximum Gasteiger partial charge on any atom is 0.240 e. The first kappa shape index (κ1) is 13.3. The van der Waals surface area contributed by atoms with E-state index in [0.717, 1.165) is 36.7 Å². The normalized spacial score (nSPS) is 10.5. The molecule has 0 saturated heterocycles. The Morgan fingerprint density at radius 3 is 2.68 bits per heavy atom. The van der Waals surface area contributed by atoms with Gasteiger partial charge in [-0.2, -0.15) is 4.98 Å². The maximum atomic E-state index is 5.63. The number of rotatable bonds is 6. The molecule has 0 radical (unpaired) electrons. The van der Waals surface area contributed by atoms with E-state index >= 15 is 0 Å². The second kappa shape index (κ2) is 6.17. The van der Waals surface area contributed by atoms with Crippen LogP contribution in [0.15, 0.2) is 12.1 Å². The van der Waals surface area contributed by atoms with Crippen molar-refractivity contribution >= 4 is 5.82 Å². The number of aryl methyl sites for hydroxylation is 2. The molecule has 0 unspecified atom stereocenters. The van der Waals surface area contributed by atoms with Crippen LogP contribution in [0.5, 0.6) is 11.8 Å². The number of ether oxygens (including phenoxy) is 1. The van der Waals surface area contributed by atoms with E-state index in [9.17, 15) is 0 Å². The van der Waals surface area contributed by atoms with E-state index in [2.05, 4.69) is 32.4 Å². The molecule has 0 saturated carbocycles. The van der Waals surface area contributed by atoms with Crippen molar-refractivity contribution < 1.29 is 4.74 Å². The fraction of sp³-hybridized carbons (Fsp3) is 0.462. The molecule has 2 aromatic heterocycles. The van der Waals surface area contributed by atoms with E-state index in [1.54, 1.807) is 6.07 Å². The molecule has 0 aliphatic carbocycles. The standard InChI is InChI=1S/C13H19N5O/c1-4-6-14-11-8-12(16-10(5-2)15-11)19-13-7-9(3)17-18-13/h7-8H,4-6H2,1-3H3,(H,17,18)(H,14,15,16). The summed E-state index contributed by atoms with van der Waals surface area (Å²) in [5.74, 6) is 2.57. The Morgan fingerprint density at radius 1 is 1.21 bits per heavy atom. The van der Waals surface area contributed by atoms with Crippen molar-refractivity contribution in [1.82, 2.24) is 20.2 Å². The molecule has 0 aromatic carbocycles. The molecule has 6 heteroatoms. The third-order valence-corrected chi connectivity index (χ3v) is 2.51. The summed E-state index contributed by atoms with van der Waals surface area (Å²) in [4.78, 5) is 8.74. The summed E-state index contributed by atoms with van der Waals surface area (Å²) in [6.45, 7) is 6.92. The number of H-pyrrole nitrogens is 1. The molecule has 0 atom stereocenters. The van der Waals surface area contributed by atoms with Crippen LogP contribution in [0.25, 0.3) is 0 Å². The second-order valence-corrected chi connectivity index (χ2v) is 4.28. The number of aromatic nitrogens is 4. The lowest BCUT2D eigenvalue weighted by atomic mass is 10.4. The Balaban J connectivity index is 2.18. The van der Waals surface area contributed by atoms with Gasteiger partial charge < -0.3 is 10.1 Å². The molecule has 2 heterocycles. The molecule has 2 aromatic rings. The fourth-order valence-electron chi connectivity index (χ4n) is 1.58. The van der Waals surface area contributed by atoms with Gasteiger partial charge in [-0.1, -0.05) is 13.8 Å². The van der Waals surface area contributed by atoms with Crippen LogP contribution in [0.3, 0.4) is 0 Å². The molecule has 2 N–H and O–H groups in total. The predicted octanol–water partition coefficient (Wildman–Crippen LogP) is 2.68. The highest BCUT2D eigenvalue weighted by molar-refractivity contribution is 5.39. The van der Waals surface area contributed by atoms with Crippen molar-refractivity contribution in [2.24, 2.45) is 0 Å². The second-order valence-electron chi connectivity index (χ2n) is 4.28. The Kier molecular flexibility index (Phi) is 4.33. The SMILES string of the molecule is CCCNc1cc(Oc2cc(C)[nH]n2)nc(CC)n1. The van der Waals surface area contributed by atoms with Gasteiger partial charge in [0.15, 0.2) is 0 Å². The molecule has 6 nitrogen and oxygen atoms in total. The van der Waals surface area contributed by atoms with Crippen LogP contribution in [-0.2, 0) is 6.42 Å². The molecule has 2 rings (SSSR count). The zero-order valence-electron chi connectivity index (χ0n) is 11.5. The van der Waals surface area contributed by atoms with Crippen molar-refractivity contribution in [2.45, 2.75) is 33.6 Å². The van der Waals surface area contributed by atoms with Crippen molar-refractivity contribution in [2.75, 3.05) is 11.9 Å². The van der Waals surface area contributed by atoms with Crippen LogP contribution < -0.4 is 10.1 Å². The first-order valence-electron chi connectivity index (χ1n) is 6.53. The number of anilines is 1. The summed E-state index contributed by atoms with van der Waals surface area (Å²) < 4.78 is 5.63. The molecular formula is C13H19N5O. The maximum absolute atomic E-state index is 5.63. The molecular weight excluding hydrogens is 242 g/mol. The number of hydrogen-bond donors (Lipinski definition) is 2. The minimum Gasteiger partial charge on any atom is -0.419 e. The Bertz CT molecular complexity index is 538. The van der Waals surface area contributed by atoms with Crippen molar-refractivity contribution in [1.29, 1.82) is 0 Å². The van der Waals surface area contributed by atoms with Crippen molar-refractivity contribution in [3.63, 3.8) is 0 Å². The molecule has 0 amide bonds. The van der Waals surface area contributed by atoms with Gasteiger partial charge in [-0.15, -0.1) is 5.10 Å². The zero-order chi connectivity index (χ0) is 13.7. The smallest absolute Gasteiger partial charge is 0.240 e. The molecule has 0 aliphatic rings. The lowest BCUT2D eigenvalue weighted by Gasteiger charge is -2.08. The minimum absolute atomic E-state index is 0.511. The van der Waals surface area contributed by atoms with Gasteiger partial charge in [-0.25, -0.2) is 4.98 Å². The van der Waals surface area contributed by atoms with Crippen LogP contribution in [-0.4, -0.2) is 26.7 Å². The third kappa shape index (κ3) is 3.67. The van der Waals surface area contributed by atoms with E-state index in [4.69, 9.17) is 4.74 Å². The van der Waals surface area contributed by atoms with Gasteiger partial charge in [-0.05, 0) is 13.3 Å². The van der Waals surface area contributed by atoms with Gasteiger partial charge in [-0.3, -0.25) is 5.10 Å². The number of hydrogen-bond acceptors (Lipinski definition) is 5. The van der Waals surface area contributed by atoms with Crippen LogP contribution >= 0.6 is 0 Å². The Morgan fingerprint density at radius 2 is 2.05 bits per heavy atom. The largest absolute Gasteiger partial charge is 0.419 e. The first-order chi connectivity index (χ1) is 9.21. The van der Waals surface area contributed by atoms with Gasteiger partial charge in [0.05, 0.1) is 0 Å². The molecule has 0 bridgehead atoms. The minimum atomic E-state index is 0.511. The number of aromatic amines is 1. The molecule has 19 heavy (non-hydrogen) atoms. The van der Waals surface area contributed by atoms with E-state index in [1.165, 1.54) is 0 Å². The fourth-order valence-corrected chi connectivity index (χ4v) is 1.58. The lowest BCUT2D eigenvalue weighted by Crippen LogP contribution is -2.05. The summed E-state index contributed by atoms with van der Waals surface area (Å²) in [5, 5.41) is 10.1. The van der Waals surface area contributed by atoms with Crippen molar-refractivity contribution in [3.8, 4) is 11.8 Å². The Hall–Kier alpha value is -2.11. The quantitative estimate of drug-likeness (QED) is 0.836. The van der Waals surface area contributed by atoms with Crippen LogP contribution in [0, 0.1) is 6.92 Å².